The van der Waals surface area contributed by atoms with Gasteiger partial charge in [-0.25, -0.2) is 4.39 Å². The highest BCUT2D eigenvalue weighted by atomic mass is 35.5. The zero-order valence-electron chi connectivity index (χ0n) is 15.0. The zero-order valence-corrected chi connectivity index (χ0v) is 15.8. The number of ether oxygens (including phenoxy) is 2. The van der Waals surface area contributed by atoms with Gasteiger partial charge in [0.2, 0.25) is 0 Å². The fourth-order valence-electron chi connectivity index (χ4n) is 3.92. The van der Waals surface area contributed by atoms with Crippen molar-refractivity contribution in [1.29, 1.82) is 0 Å². The second-order valence-electron chi connectivity index (χ2n) is 7.18. The third-order valence-corrected chi connectivity index (χ3v) is 5.53. The molecular weight excluding hydrogens is 373 g/mol. The van der Waals surface area contributed by atoms with Gasteiger partial charge in [0.15, 0.2) is 0 Å². The predicted molar refractivity (Wildman–Crippen MR) is 97.5 cm³/mol. The van der Waals surface area contributed by atoms with Crippen molar-refractivity contribution in [2.75, 3.05) is 19.7 Å². The average molecular weight is 394 g/mol. The van der Waals surface area contributed by atoms with Crippen LogP contribution in [0.2, 0.25) is 5.02 Å². The molecule has 0 unspecified atom stereocenters. The summed E-state index contributed by atoms with van der Waals surface area (Å²) in [5.41, 5.74) is 0.167. The molecule has 2 aromatic rings. The SMILES string of the molecule is Cn1nccc1C(=O)N1CCC[C@@]2(C[C@@H](Oc3ccc(F)c(Cl)c3)CO2)C1. The minimum atomic E-state index is -0.472. The van der Waals surface area contributed by atoms with Gasteiger partial charge in [0.25, 0.3) is 5.91 Å². The van der Waals surface area contributed by atoms with Crippen molar-refractivity contribution in [1.82, 2.24) is 14.7 Å². The molecular formula is C19H21ClFN3O3. The van der Waals surface area contributed by atoms with Crippen molar-refractivity contribution in [3.8, 4) is 5.75 Å². The number of carbonyl (C=O) groups excluding carboxylic acids is 1. The number of aromatic nitrogens is 2. The number of hydrogen-bond acceptors (Lipinski definition) is 4. The molecule has 0 bridgehead atoms. The molecule has 2 saturated heterocycles. The summed E-state index contributed by atoms with van der Waals surface area (Å²) in [6.45, 7) is 1.66. The van der Waals surface area contributed by atoms with Crippen LogP contribution in [0, 0.1) is 5.82 Å². The van der Waals surface area contributed by atoms with E-state index < -0.39 is 11.4 Å². The van der Waals surface area contributed by atoms with E-state index in [1.807, 2.05) is 4.90 Å². The second kappa shape index (κ2) is 7.13. The molecule has 2 aliphatic heterocycles. The first-order chi connectivity index (χ1) is 13.0. The standard InChI is InChI=1S/C19H21ClFN3O3/c1-23-17(5-7-22-23)18(25)24-8-2-6-19(12-24)10-14(11-26-19)27-13-3-4-16(21)15(20)9-13/h3-5,7,9,14H,2,6,8,10-12H2,1H3/t14-,19-/m1/s1. The highest BCUT2D eigenvalue weighted by Gasteiger charge is 2.45. The minimum absolute atomic E-state index is 0.0340. The van der Waals surface area contributed by atoms with Crippen LogP contribution >= 0.6 is 11.6 Å². The molecule has 1 spiro atoms. The van der Waals surface area contributed by atoms with Gasteiger partial charge in [-0.15, -0.1) is 0 Å². The van der Waals surface area contributed by atoms with Crippen LogP contribution in [-0.4, -0.2) is 52.0 Å². The molecule has 27 heavy (non-hydrogen) atoms. The Hall–Kier alpha value is -2.12. The topological polar surface area (TPSA) is 56.6 Å². The van der Waals surface area contributed by atoms with Crippen molar-refractivity contribution >= 4 is 17.5 Å². The van der Waals surface area contributed by atoms with E-state index in [1.165, 1.54) is 12.1 Å². The Kier molecular flexibility index (Phi) is 4.82. The fourth-order valence-corrected chi connectivity index (χ4v) is 4.09. The van der Waals surface area contributed by atoms with Gasteiger partial charge in [0.1, 0.15) is 23.4 Å². The van der Waals surface area contributed by atoms with Gasteiger partial charge in [-0.2, -0.15) is 5.10 Å². The number of nitrogens with zero attached hydrogens (tertiary/aromatic N) is 3. The van der Waals surface area contributed by atoms with Crippen LogP contribution in [0.5, 0.6) is 5.75 Å². The number of piperidine rings is 1. The van der Waals surface area contributed by atoms with E-state index in [2.05, 4.69) is 5.10 Å². The van der Waals surface area contributed by atoms with E-state index in [-0.39, 0.29) is 17.0 Å². The summed E-state index contributed by atoms with van der Waals surface area (Å²) in [6.07, 6.45) is 3.90. The molecule has 3 heterocycles. The van der Waals surface area contributed by atoms with Gasteiger partial charge in [0.05, 0.1) is 23.8 Å². The molecule has 2 aliphatic rings. The van der Waals surface area contributed by atoms with E-state index in [9.17, 15) is 9.18 Å². The van der Waals surface area contributed by atoms with E-state index in [1.54, 1.807) is 30.1 Å². The van der Waals surface area contributed by atoms with Crippen LogP contribution in [0.15, 0.2) is 30.5 Å². The molecule has 0 radical (unpaired) electrons. The lowest BCUT2D eigenvalue weighted by atomic mass is 9.89. The Morgan fingerprint density at radius 1 is 1.44 bits per heavy atom. The van der Waals surface area contributed by atoms with Crippen LogP contribution in [0.4, 0.5) is 4.39 Å². The summed E-state index contributed by atoms with van der Waals surface area (Å²) >= 11 is 5.82. The van der Waals surface area contributed by atoms with E-state index in [0.29, 0.717) is 37.6 Å². The Morgan fingerprint density at radius 2 is 2.30 bits per heavy atom. The quantitative estimate of drug-likeness (QED) is 0.804. The lowest BCUT2D eigenvalue weighted by molar-refractivity contribution is -0.0455. The molecule has 8 heteroatoms. The lowest BCUT2D eigenvalue weighted by Gasteiger charge is -2.39. The lowest BCUT2D eigenvalue weighted by Crippen LogP contribution is -2.50. The van der Waals surface area contributed by atoms with Crippen LogP contribution in [0.1, 0.15) is 29.8 Å². The van der Waals surface area contributed by atoms with Crippen LogP contribution < -0.4 is 4.74 Å². The highest BCUT2D eigenvalue weighted by molar-refractivity contribution is 6.30. The van der Waals surface area contributed by atoms with Crippen LogP contribution in [0.3, 0.4) is 0 Å². The Labute approximate surface area is 161 Å². The molecule has 2 fully saturated rings. The summed E-state index contributed by atoms with van der Waals surface area (Å²) < 4.78 is 26.9. The van der Waals surface area contributed by atoms with Gasteiger partial charge in [-0.05, 0) is 31.0 Å². The summed E-state index contributed by atoms with van der Waals surface area (Å²) in [4.78, 5) is 14.6. The van der Waals surface area contributed by atoms with Crippen molar-refractivity contribution in [2.24, 2.45) is 7.05 Å². The van der Waals surface area contributed by atoms with Crippen molar-refractivity contribution in [3.05, 3.63) is 47.0 Å². The third-order valence-electron chi connectivity index (χ3n) is 5.24. The van der Waals surface area contributed by atoms with Gasteiger partial charge in [0, 0.05) is 32.3 Å². The zero-order chi connectivity index (χ0) is 19.0. The average Bonchev–Trinajstić information content (AvgIpc) is 3.24. The first kappa shape index (κ1) is 18.3. The maximum absolute atomic E-state index is 13.3. The fraction of sp³-hybridized carbons (Fsp3) is 0.474. The number of rotatable bonds is 3. The summed E-state index contributed by atoms with van der Waals surface area (Å²) in [6, 6.07) is 6.05. The van der Waals surface area contributed by atoms with Crippen LogP contribution in [-0.2, 0) is 11.8 Å². The Balaban J connectivity index is 1.42. The number of amides is 1. The Morgan fingerprint density at radius 3 is 3.04 bits per heavy atom. The monoisotopic (exact) mass is 393 g/mol. The number of halogens is 2. The number of hydrogen-bond donors (Lipinski definition) is 0. The second-order valence-corrected chi connectivity index (χ2v) is 7.59. The van der Waals surface area contributed by atoms with Crippen molar-refractivity contribution in [2.45, 2.75) is 31.0 Å². The summed E-state index contributed by atoms with van der Waals surface area (Å²) in [7, 11) is 1.76. The molecule has 2 atom stereocenters. The van der Waals surface area contributed by atoms with Gasteiger partial charge >= 0.3 is 0 Å². The maximum atomic E-state index is 13.3. The molecule has 4 rings (SSSR count). The maximum Gasteiger partial charge on any atom is 0.272 e. The smallest absolute Gasteiger partial charge is 0.272 e. The molecule has 0 N–H and O–H groups in total. The molecule has 1 aromatic heterocycles. The van der Waals surface area contributed by atoms with Crippen molar-refractivity contribution < 1.29 is 18.7 Å². The predicted octanol–water partition coefficient (Wildman–Crippen LogP) is 3.06. The Bertz CT molecular complexity index is 858. The molecule has 1 aromatic carbocycles. The molecule has 144 valence electrons. The van der Waals surface area contributed by atoms with Gasteiger partial charge in [-0.1, -0.05) is 11.6 Å². The number of likely N-dealkylation sites (tertiary alicyclic amines) is 1. The first-order valence-electron chi connectivity index (χ1n) is 8.99. The molecule has 6 nitrogen and oxygen atoms in total. The third kappa shape index (κ3) is 3.66. The van der Waals surface area contributed by atoms with E-state index >= 15 is 0 Å². The molecule has 1 amide bonds. The molecule has 0 aliphatic carbocycles. The minimum Gasteiger partial charge on any atom is -0.488 e. The number of carbonyl (C=O) groups is 1. The van der Waals surface area contributed by atoms with Gasteiger partial charge < -0.3 is 14.4 Å². The molecule has 0 saturated carbocycles. The highest BCUT2D eigenvalue weighted by Crippen LogP contribution is 2.37. The summed E-state index contributed by atoms with van der Waals surface area (Å²) in [5.74, 6) is 0.0118. The van der Waals surface area contributed by atoms with E-state index in [0.717, 1.165) is 12.8 Å². The largest absolute Gasteiger partial charge is 0.488 e. The van der Waals surface area contributed by atoms with Crippen molar-refractivity contribution in [3.63, 3.8) is 0 Å². The number of benzene rings is 1. The summed E-state index contributed by atoms with van der Waals surface area (Å²) in [5, 5.41) is 4.11. The van der Waals surface area contributed by atoms with Gasteiger partial charge in [-0.3, -0.25) is 9.48 Å². The normalized spacial score (nSPS) is 25.1. The first-order valence-corrected chi connectivity index (χ1v) is 9.36. The van der Waals surface area contributed by atoms with Crippen LogP contribution in [0.25, 0.3) is 0 Å². The number of aryl methyl sites for hydroxylation is 1. The van der Waals surface area contributed by atoms with E-state index in [4.69, 9.17) is 21.1 Å².